The van der Waals surface area contributed by atoms with E-state index in [0.29, 0.717) is 0 Å². The second-order valence-corrected chi connectivity index (χ2v) is 3.58. The predicted molar refractivity (Wildman–Crippen MR) is 45.3 cm³/mol. The minimum atomic E-state index is -0.944. The topological polar surface area (TPSA) is 37.3 Å². The first kappa shape index (κ1) is 10.4. The third-order valence-electron chi connectivity index (χ3n) is 1.38. The molecule has 64 valence electrons. The molecule has 0 aromatic carbocycles. The van der Waals surface area contributed by atoms with Gasteiger partial charge in [-0.05, 0) is 6.92 Å². The number of rotatable bonds is 2. The van der Waals surface area contributed by atoms with E-state index in [1.54, 1.807) is 33.8 Å². The van der Waals surface area contributed by atoms with E-state index in [1.807, 2.05) is 0 Å². The van der Waals surface area contributed by atoms with Crippen LogP contribution in [0.3, 0.4) is 0 Å². The number of hydrogen-bond acceptors (Lipinski definition) is 2. The Bertz CT molecular complexity index is 163. The Morgan fingerprint density at radius 3 is 2.18 bits per heavy atom. The van der Waals surface area contributed by atoms with Crippen molar-refractivity contribution in [3.63, 3.8) is 0 Å². The van der Waals surface area contributed by atoms with E-state index in [4.69, 9.17) is 0 Å². The van der Waals surface area contributed by atoms with E-state index in [2.05, 4.69) is 0 Å². The summed E-state index contributed by atoms with van der Waals surface area (Å²) >= 11 is 0. The third-order valence-corrected chi connectivity index (χ3v) is 1.38. The SMILES string of the molecule is C/C=C/C(O)C(=O)C(C)(C)C. The van der Waals surface area contributed by atoms with Crippen LogP contribution in [0.1, 0.15) is 27.7 Å². The number of Topliss-reactive ketones (excluding diaryl/α,β-unsaturated/α-hetero) is 1. The Hall–Kier alpha value is -0.630. The standard InChI is InChI=1S/C9H16O2/c1-5-6-7(10)8(11)9(2,3)4/h5-7,10H,1-4H3/b6-5+. The highest BCUT2D eigenvalue weighted by molar-refractivity contribution is 5.89. The smallest absolute Gasteiger partial charge is 0.170 e. The van der Waals surface area contributed by atoms with Crippen molar-refractivity contribution in [1.82, 2.24) is 0 Å². The van der Waals surface area contributed by atoms with Crippen molar-refractivity contribution in [2.24, 2.45) is 5.41 Å². The van der Waals surface area contributed by atoms with Crippen molar-refractivity contribution in [2.45, 2.75) is 33.8 Å². The average molecular weight is 156 g/mol. The molecule has 0 aromatic heterocycles. The Labute approximate surface area is 67.9 Å². The third kappa shape index (κ3) is 3.33. The van der Waals surface area contributed by atoms with E-state index in [1.165, 1.54) is 6.08 Å². The highest BCUT2D eigenvalue weighted by atomic mass is 16.3. The molecule has 0 amide bonds. The van der Waals surface area contributed by atoms with Crippen LogP contribution in [0.5, 0.6) is 0 Å². The van der Waals surface area contributed by atoms with Crippen LogP contribution in [0.2, 0.25) is 0 Å². The molecule has 1 atom stereocenters. The highest BCUT2D eigenvalue weighted by Crippen LogP contribution is 2.17. The lowest BCUT2D eigenvalue weighted by molar-refractivity contribution is -0.132. The summed E-state index contributed by atoms with van der Waals surface area (Å²) in [6, 6.07) is 0. The summed E-state index contributed by atoms with van der Waals surface area (Å²) in [7, 11) is 0. The molecule has 2 heteroatoms. The summed E-state index contributed by atoms with van der Waals surface area (Å²) in [4.78, 5) is 11.3. The number of aliphatic hydroxyl groups is 1. The average Bonchev–Trinajstić information content (AvgIpc) is 1.85. The van der Waals surface area contributed by atoms with Gasteiger partial charge in [0, 0.05) is 5.41 Å². The van der Waals surface area contributed by atoms with Crippen molar-refractivity contribution in [3.05, 3.63) is 12.2 Å². The zero-order chi connectivity index (χ0) is 9.07. The van der Waals surface area contributed by atoms with Gasteiger partial charge in [0.05, 0.1) is 0 Å². The second-order valence-electron chi connectivity index (χ2n) is 3.58. The van der Waals surface area contributed by atoms with Gasteiger partial charge >= 0.3 is 0 Å². The molecule has 0 aliphatic rings. The molecule has 1 N–H and O–H groups in total. The van der Waals surface area contributed by atoms with Gasteiger partial charge in [0.1, 0.15) is 6.10 Å². The van der Waals surface area contributed by atoms with Gasteiger partial charge in [0.2, 0.25) is 0 Å². The first-order chi connectivity index (χ1) is 4.89. The van der Waals surface area contributed by atoms with E-state index in [-0.39, 0.29) is 5.78 Å². The van der Waals surface area contributed by atoms with E-state index >= 15 is 0 Å². The van der Waals surface area contributed by atoms with Crippen molar-refractivity contribution in [2.75, 3.05) is 0 Å². The van der Waals surface area contributed by atoms with Crippen LogP contribution < -0.4 is 0 Å². The molecule has 11 heavy (non-hydrogen) atoms. The predicted octanol–water partition coefficient (Wildman–Crippen LogP) is 1.54. The van der Waals surface area contributed by atoms with Crippen LogP contribution in [0.4, 0.5) is 0 Å². The Morgan fingerprint density at radius 2 is 1.91 bits per heavy atom. The molecule has 1 unspecified atom stereocenters. The van der Waals surface area contributed by atoms with E-state index in [9.17, 15) is 9.90 Å². The number of carbonyl (C=O) groups is 1. The summed E-state index contributed by atoms with van der Waals surface area (Å²) < 4.78 is 0. The maximum Gasteiger partial charge on any atom is 0.170 e. The summed E-state index contributed by atoms with van der Waals surface area (Å²) in [5.41, 5.74) is -0.459. The zero-order valence-electron chi connectivity index (χ0n) is 7.59. The molecule has 0 aliphatic carbocycles. The lowest BCUT2D eigenvalue weighted by Gasteiger charge is -2.18. The van der Waals surface area contributed by atoms with Gasteiger partial charge in [0.25, 0.3) is 0 Å². The van der Waals surface area contributed by atoms with E-state index < -0.39 is 11.5 Å². The number of carbonyl (C=O) groups excluding carboxylic acids is 1. The number of hydrogen-bond donors (Lipinski definition) is 1. The lowest BCUT2D eigenvalue weighted by atomic mass is 9.87. The molecule has 0 radical (unpaired) electrons. The summed E-state index contributed by atoms with van der Waals surface area (Å²) in [5.74, 6) is -0.143. The summed E-state index contributed by atoms with van der Waals surface area (Å²) in [6.45, 7) is 7.16. The van der Waals surface area contributed by atoms with Gasteiger partial charge < -0.3 is 5.11 Å². The fourth-order valence-electron chi connectivity index (χ4n) is 0.713. The fourth-order valence-corrected chi connectivity index (χ4v) is 0.713. The Balaban J connectivity index is 4.26. The highest BCUT2D eigenvalue weighted by Gasteiger charge is 2.25. The molecule has 2 nitrogen and oxygen atoms in total. The van der Waals surface area contributed by atoms with Crippen LogP contribution in [0.15, 0.2) is 12.2 Å². The number of aliphatic hydroxyl groups excluding tert-OH is 1. The quantitative estimate of drug-likeness (QED) is 0.616. The molecule has 0 spiro atoms. The van der Waals surface area contributed by atoms with Crippen LogP contribution >= 0.6 is 0 Å². The van der Waals surface area contributed by atoms with Gasteiger partial charge in [-0.1, -0.05) is 32.9 Å². The molecule has 0 saturated carbocycles. The van der Waals surface area contributed by atoms with Crippen LogP contribution in [-0.2, 0) is 4.79 Å². The minimum absolute atomic E-state index is 0.143. The van der Waals surface area contributed by atoms with E-state index in [0.717, 1.165) is 0 Å². The molecule has 0 rings (SSSR count). The molecular formula is C9H16O2. The van der Waals surface area contributed by atoms with Crippen LogP contribution in [0.25, 0.3) is 0 Å². The summed E-state index contributed by atoms with van der Waals surface area (Å²) in [5, 5.41) is 9.22. The normalized spacial score (nSPS) is 15.4. The molecule has 0 bridgehead atoms. The maximum absolute atomic E-state index is 11.3. The van der Waals surface area contributed by atoms with Gasteiger partial charge in [-0.2, -0.15) is 0 Å². The van der Waals surface area contributed by atoms with Gasteiger partial charge in [-0.15, -0.1) is 0 Å². The second kappa shape index (κ2) is 3.67. The molecule has 0 fully saturated rings. The van der Waals surface area contributed by atoms with Gasteiger partial charge in [0.15, 0.2) is 5.78 Å². The largest absolute Gasteiger partial charge is 0.381 e. The molecular weight excluding hydrogens is 140 g/mol. The monoisotopic (exact) mass is 156 g/mol. The van der Waals surface area contributed by atoms with Crippen molar-refractivity contribution >= 4 is 5.78 Å². The molecule has 0 saturated heterocycles. The van der Waals surface area contributed by atoms with Gasteiger partial charge in [-0.3, -0.25) is 4.79 Å². The summed E-state index contributed by atoms with van der Waals surface area (Å²) in [6.07, 6.45) is 2.22. The Kier molecular flexibility index (Phi) is 3.46. The fraction of sp³-hybridized carbons (Fsp3) is 0.667. The lowest BCUT2D eigenvalue weighted by Crippen LogP contribution is -2.30. The first-order valence-electron chi connectivity index (χ1n) is 3.75. The van der Waals surface area contributed by atoms with Crippen LogP contribution in [0, 0.1) is 5.41 Å². The van der Waals surface area contributed by atoms with Crippen molar-refractivity contribution in [3.8, 4) is 0 Å². The maximum atomic E-state index is 11.3. The van der Waals surface area contributed by atoms with Crippen molar-refractivity contribution in [1.29, 1.82) is 0 Å². The molecule has 0 aliphatic heterocycles. The number of ketones is 1. The molecule has 0 heterocycles. The van der Waals surface area contributed by atoms with Gasteiger partial charge in [-0.25, -0.2) is 0 Å². The van der Waals surface area contributed by atoms with Crippen LogP contribution in [-0.4, -0.2) is 17.0 Å². The number of allylic oxidation sites excluding steroid dienone is 1. The zero-order valence-corrected chi connectivity index (χ0v) is 7.59. The first-order valence-corrected chi connectivity index (χ1v) is 3.75. The van der Waals surface area contributed by atoms with Crippen molar-refractivity contribution < 1.29 is 9.90 Å². The molecule has 0 aromatic rings. The minimum Gasteiger partial charge on any atom is -0.381 e. The Morgan fingerprint density at radius 1 is 1.45 bits per heavy atom.